The molecule has 120 valence electrons. The molecule has 2 fully saturated rings. The van der Waals surface area contributed by atoms with Gasteiger partial charge in [-0.05, 0) is 38.8 Å². The zero-order valence-corrected chi connectivity index (χ0v) is 13.3. The molecule has 21 heavy (non-hydrogen) atoms. The van der Waals surface area contributed by atoms with Gasteiger partial charge >= 0.3 is 12.0 Å². The summed E-state index contributed by atoms with van der Waals surface area (Å²) in [7, 11) is 2.06. The van der Waals surface area contributed by atoms with Crippen LogP contribution < -0.4 is 5.32 Å². The van der Waals surface area contributed by atoms with Gasteiger partial charge in [0.05, 0.1) is 5.41 Å². The van der Waals surface area contributed by atoms with E-state index in [1.54, 1.807) is 4.90 Å². The lowest BCUT2D eigenvalue weighted by Gasteiger charge is -2.32. The van der Waals surface area contributed by atoms with Crippen LogP contribution in [0.25, 0.3) is 0 Å². The fourth-order valence-corrected chi connectivity index (χ4v) is 3.45. The fourth-order valence-electron chi connectivity index (χ4n) is 3.45. The molecule has 2 rings (SSSR count). The molecule has 0 aliphatic carbocycles. The first-order valence-corrected chi connectivity index (χ1v) is 7.82. The summed E-state index contributed by atoms with van der Waals surface area (Å²) in [4.78, 5) is 27.8. The van der Waals surface area contributed by atoms with Gasteiger partial charge < -0.3 is 20.2 Å². The molecule has 6 heteroatoms. The number of carboxylic acid groups (broad SMARTS) is 1. The Kier molecular flexibility index (Phi) is 4.76. The lowest BCUT2D eigenvalue weighted by atomic mass is 9.76. The predicted octanol–water partition coefficient (Wildman–Crippen LogP) is 1.22. The van der Waals surface area contributed by atoms with Crippen LogP contribution in [0.4, 0.5) is 4.79 Å². The largest absolute Gasteiger partial charge is 0.481 e. The highest BCUT2D eigenvalue weighted by Gasteiger charge is 2.48. The number of carbonyl (C=O) groups excluding carboxylic acids is 1. The van der Waals surface area contributed by atoms with Crippen molar-refractivity contribution in [3.05, 3.63) is 0 Å². The number of hydrogen-bond acceptors (Lipinski definition) is 3. The second kappa shape index (κ2) is 6.22. The van der Waals surface area contributed by atoms with Crippen molar-refractivity contribution in [1.29, 1.82) is 0 Å². The molecule has 2 atom stereocenters. The van der Waals surface area contributed by atoms with Crippen molar-refractivity contribution < 1.29 is 14.7 Å². The molecular weight excluding hydrogens is 270 g/mol. The third kappa shape index (κ3) is 3.31. The van der Waals surface area contributed by atoms with Crippen molar-refractivity contribution in [3.63, 3.8) is 0 Å². The molecule has 2 saturated heterocycles. The topological polar surface area (TPSA) is 72.9 Å². The normalized spacial score (nSPS) is 30.7. The molecule has 0 spiro atoms. The van der Waals surface area contributed by atoms with Crippen LogP contribution in [0, 0.1) is 11.3 Å². The summed E-state index contributed by atoms with van der Waals surface area (Å²) in [6, 6.07) is 0.0641. The Bertz CT molecular complexity index is 413. The van der Waals surface area contributed by atoms with Gasteiger partial charge in [-0.1, -0.05) is 13.8 Å². The summed E-state index contributed by atoms with van der Waals surface area (Å²) >= 11 is 0. The first-order valence-electron chi connectivity index (χ1n) is 7.82. The van der Waals surface area contributed by atoms with Gasteiger partial charge in [-0.2, -0.15) is 0 Å². The van der Waals surface area contributed by atoms with E-state index >= 15 is 0 Å². The van der Waals surface area contributed by atoms with Crippen LogP contribution in [0.2, 0.25) is 0 Å². The van der Waals surface area contributed by atoms with E-state index in [0.717, 1.165) is 25.9 Å². The molecule has 2 aliphatic rings. The highest BCUT2D eigenvalue weighted by Crippen LogP contribution is 2.38. The average Bonchev–Trinajstić information content (AvgIpc) is 2.85. The number of nitrogens with one attached hydrogen (secondary N) is 1. The molecule has 2 heterocycles. The number of amides is 2. The number of carboxylic acids is 1. The van der Waals surface area contributed by atoms with Crippen LogP contribution in [0.1, 0.15) is 33.1 Å². The van der Waals surface area contributed by atoms with E-state index in [-0.39, 0.29) is 18.0 Å². The number of carbonyl (C=O) groups is 2. The summed E-state index contributed by atoms with van der Waals surface area (Å²) in [6.45, 7) is 6.63. The number of likely N-dealkylation sites (N-methyl/N-ethyl adjacent to an activating group) is 1. The van der Waals surface area contributed by atoms with Crippen molar-refractivity contribution in [2.45, 2.75) is 39.2 Å². The molecule has 2 N–H and O–H groups in total. The van der Waals surface area contributed by atoms with E-state index in [1.165, 1.54) is 0 Å². The zero-order chi connectivity index (χ0) is 15.6. The SMILES string of the molecule is CC(C)C1(C(=O)O)CCN(C(=O)NC2CCCN(C)C2)C1. The summed E-state index contributed by atoms with van der Waals surface area (Å²) in [6.07, 6.45) is 2.63. The van der Waals surface area contributed by atoms with Crippen molar-refractivity contribution in [1.82, 2.24) is 15.1 Å². The molecule has 0 bridgehead atoms. The van der Waals surface area contributed by atoms with E-state index in [2.05, 4.69) is 17.3 Å². The minimum Gasteiger partial charge on any atom is -0.481 e. The minimum absolute atomic E-state index is 0.0219. The monoisotopic (exact) mass is 297 g/mol. The Morgan fingerprint density at radius 1 is 1.33 bits per heavy atom. The number of piperidine rings is 1. The molecule has 0 aromatic carbocycles. The molecular formula is C15H27N3O3. The van der Waals surface area contributed by atoms with Crippen LogP contribution in [-0.2, 0) is 4.79 Å². The van der Waals surface area contributed by atoms with Gasteiger partial charge in [0.2, 0.25) is 0 Å². The molecule has 2 aliphatic heterocycles. The summed E-state index contributed by atoms with van der Waals surface area (Å²) in [5, 5.41) is 12.6. The first-order chi connectivity index (χ1) is 9.85. The van der Waals surface area contributed by atoms with E-state index < -0.39 is 11.4 Å². The molecule has 0 radical (unpaired) electrons. The highest BCUT2D eigenvalue weighted by atomic mass is 16.4. The Hall–Kier alpha value is -1.30. The molecule has 0 saturated carbocycles. The average molecular weight is 297 g/mol. The molecule has 6 nitrogen and oxygen atoms in total. The predicted molar refractivity (Wildman–Crippen MR) is 80.1 cm³/mol. The van der Waals surface area contributed by atoms with Crippen molar-refractivity contribution in [3.8, 4) is 0 Å². The Balaban J connectivity index is 1.94. The highest BCUT2D eigenvalue weighted by molar-refractivity contribution is 5.80. The number of aliphatic carboxylic acids is 1. The second-order valence-corrected chi connectivity index (χ2v) is 6.84. The maximum atomic E-state index is 12.4. The lowest BCUT2D eigenvalue weighted by molar-refractivity contribution is -0.150. The standard InChI is InChI=1S/C15H27N3O3/c1-11(2)15(13(19)20)6-8-18(10-15)14(21)16-12-5-4-7-17(3)9-12/h11-12H,4-10H2,1-3H3,(H,16,21)(H,19,20). The van der Waals surface area contributed by atoms with Crippen molar-refractivity contribution in [2.75, 3.05) is 33.2 Å². The number of hydrogen-bond donors (Lipinski definition) is 2. The molecule has 0 aromatic heterocycles. The quantitative estimate of drug-likeness (QED) is 0.821. The molecule has 2 amide bonds. The van der Waals surface area contributed by atoms with Gasteiger partial charge in [0.15, 0.2) is 0 Å². The van der Waals surface area contributed by atoms with Crippen LogP contribution in [0.15, 0.2) is 0 Å². The summed E-state index contributed by atoms with van der Waals surface area (Å²) in [5.41, 5.74) is -0.791. The number of rotatable bonds is 3. The number of likely N-dealkylation sites (tertiary alicyclic amines) is 2. The van der Waals surface area contributed by atoms with Crippen LogP contribution in [0.3, 0.4) is 0 Å². The molecule has 0 aromatic rings. The fraction of sp³-hybridized carbons (Fsp3) is 0.867. The van der Waals surface area contributed by atoms with Crippen LogP contribution in [-0.4, -0.2) is 66.2 Å². The van der Waals surface area contributed by atoms with Gasteiger partial charge in [0.25, 0.3) is 0 Å². The van der Waals surface area contributed by atoms with Gasteiger partial charge in [-0.15, -0.1) is 0 Å². The second-order valence-electron chi connectivity index (χ2n) is 6.84. The third-order valence-electron chi connectivity index (χ3n) is 5.07. The summed E-state index contributed by atoms with van der Waals surface area (Å²) < 4.78 is 0. The maximum Gasteiger partial charge on any atom is 0.317 e. The number of urea groups is 1. The third-order valence-corrected chi connectivity index (χ3v) is 5.07. The maximum absolute atomic E-state index is 12.4. The van der Waals surface area contributed by atoms with Crippen molar-refractivity contribution in [2.24, 2.45) is 11.3 Å². The first kappa shape index (κ1) is 16.1. The summed E-state index contributed by atoms with van der Waals surface area (Å²) in [5.74, 6) is -0.765. The van der Waals surface area contributed by atoms with Gasteiger partial charge in [0.1, 0.15) is 0 Å². The van der Waals surface area contributed by atoms with Gasteiger partial charge in [0, 0.05) is 25.7 Å². The van der Waals surface area contributed by atoms with E-state index in [4.69, 9.17) is 0 Å². The van der Waals surface area contributed by atoms with E-state index in [9.17, 15) is 14.7 Å². The zero-order valence-electron chi connectivity index (χ0n) is 13.3. The van der Waals surface area contributed by atoms with E-state index in [1.807, 2.05) is 13.8 Å². The molecule has 2 unspecified atom stereocenters. The smallest absolute Gasteiger partial charge is 0.317 e. The van der Waals surface area contributed by atoms with Gasteiger partial charge in [-0.25, -0.2) is 4.79 Å². The van der Waals surface area contributed by atoms with Gasteiger partial charge in [-0.3, -0.25) is 4.79 Å². The number of nitrogens with zero attached hydrogens (tertiary/aromatic N) is 2. The van der Waals surface area contributed by atoms with Crippen molar-refractivity contribution >= 4 is 12.0 Å². The van der Waals surface area contributed by atoms with Crippen LogP contribution >= 0.6 is 0 Å². The Morgan fingerprint density at radius 3 is 2.57 bits per heavy atom. The lowest BCUT2D eigenvalue weighted by Crippen LogP contribution is -2.51. The Labute approximate surface area is 126 Å². The van der Waals surface area contributed by atoms with E-state index in [0.29, 0.717) is 19.5 Å². The Morgan fingerprint density at radius 2 is 2.05 bits per heavy atom. The van der Waals surface area contributed by atoms with Crippen LogP contribution in [0.5, 0.6) is 0 Å². The minimum atomic E-state index is -0.791.